The molecule has 0 spiro atoms. The van der Waals surface area contributed by atoms with Crippen molar-refractivity contribution in [1.29, 1.82) is 0 Å². The first-order valence-electron chi connectivity index (χ1n) is 6.39. The van der Waals surface area contributed by atoms with Gasteiger partial charge in [0.2, 0.25) is 0 Å². The highest BCUT2D eigenvalue weighted by Crippen LogP contribution is 2.33. The van der Waals surface area contributed by atoms with Crippen molar-refractivity contribution in [3.63, 3.8) is 0 Å². The molecule has 0 unspecified atom stereocenters. The third-order valence-corrected chi connectivity index (χ3v) is 4.39. The largest absolute Gasteiger partial charge is 0.497 e. The van der Waals surface area contributed by atoms with Crippen molar-refractivity contribution in [2.75, 3.05) is 12.9 Å². The Morgan fingerprint density at radius 3 is 2.60 bits per heavy atom. The molecule has 1 heterocycles. The molecular formula is C17H14O2S. The van der Waals surface area contributed by atoms with Crippen LogP contribution in [0.1, 0.15) is 15.9 Å². The quantitative estimate of drug-likeness (QED) is 0.777. The highest BCUT2D eigenvalue weighted by Gasteiger charge is 2.21. The van der Waals surface area contributed by atoms with Gasteiger partial charge < -0.3 is 4.74 Å². The van der Waals surface area contributed by atoms with Crippen molar-refractivity contribution in [1.82, 2.24) is 0 Å². The standard InChI is InChI=1S/C17H14O2S/c1-19-14-8-6-12(7-9-14)10-13-11-20-16-5-3-2-4-15(16)17(13)18/h2-10H,11H2,1H3. The van der Waals surface area contributed by atoms with E-state index in [1.54, 1.807) is 18.9 Å². The van der Waals surface area contributed by atoms with E-state index in [0.717, 1.165) is 33.1 Å². The number of thioether (sulfide) groups is 1. The number of hydrogen-bond acceptors (Lipinski definition) is 3. The van der Waals surface area contributed by atoms with Gasteiger partial charge in [0.1, 0.15) is 5.75 Å². The number of carbonyl (C=O) groups excluding carboxylic acids is 1. The van der Waals surface area contributed by atoms with Crippen LogP contribution in [0.15, 0.2) is 59.0 Å². The number of rotatable bonds is 2. The second-order valence-electron chi connectivity index (χ2n) is 4.56. The van der Waals surface area contributed by atoms with Gasteiger partial charge in [-0.05, 0) is 35.9 Å². The Hall–Kier alpha value is -2.00. The summed E-state index contributed by atoms with van der Waals surface area (Å²) in [6, 6.07) is 15.5. The fourth-order valence-corrected chi connectivity index (χ4v) is 3.20. The van der Waals surface area contributed by atoms with E-state index >= 15 is 0 Å². The van der Waals surface area contributed by atoms with Gasteiger partial charge in [-0.3, -0.25) is 4.79 Å². The van der Waals surface area contributed by atoms with Crippen LogP contribution < -0.4 is 4.74 Å². The summed E-state index contributed by atoms with van der Waals surface area (Å²) in [7, 11) is 1.64. The maximum absolute atomic E-state index is 12.4. The van der Waals surface area contributed by atoms with E-state index in [2.05, 4.69) is 0 Å². The highest BCUT2D eigenvalue weighted by molar-refractivity contribution is 7.99. The van der Waals surface area contributed by atoms with E-state index in [9.17, 15) is 4.79 Å². The molecule has 1 aliphatic heterocycles. The smallest absolute Gasteiger partial charge is 0.191 e. The van der Waals surface area contributed by atoms with E-state index in [1.807, 2.05) is 54.6 Å². The number of carbonyl (C=O) groups is 1. The second kappa shape index (κ2) is 5.55. The van der Waals surface area contributed by atoms with Crippen molar-refractivity contribution in [2.45, 2.75) is 4.90 Å². The zero-order chi connectivity index (χ0) is 13.9. The Morgan fingerprint density at radius 2 is 1.85 bits per heavy atom. The molecule has 0 fully saturated rings. The Morgan fingerprint density at radius 1 is 1.10 bits per heavy atom. The van der Waals surface area contributed by atoms with Gasteiger partial charge in [0, 0.05) is 21.8 Å². The van der Waals surface area contributed by atoms with Gasteiger partial charge in [-0.1, -0.05) is 24.3 Å². The number of Topliss-reactive ketones (excluding diaryl/α,β-unsaturated/α-hetero) is 1. The Bertz CT molecular complexity index is 672. The molecule has 2 nitrogen and oxygen atoms in total. The Labute approximate surface area is 122 Å². The molecule has 0 aromatic heterocycles. The van der Waals surface area contributed by atoms with Gasteiger partial charge in [-0.2, -0.15) is 0 Å². The SMILES string of the molecule is COc1ccc(C=C2CSc3ccccc3C2=O)cc1. The molecule has 0 atom stereocenters. The van der Waals surface area contributed by atoms with E-state index in [1.165, 1.54) is 0 Å². The second-order valence-corrected chi connectivity index (χ2v) is 5.57. The van der Waals surface area contributed by atoms with Gasteiger partial charge in [0.25, 0.3) is 0 Å². The number of ketones is 1. The van der Waals surface area contributed by atoms with Gasteiger partial charge in [-0.25, -0.2) is 0 Å². The molecular weight excluding hydrogens is 268 g/mol. The van der Waals surface area contributed by atoms with Gasteiger partial charge >= 0.3 is 0 Å². The summed E-state index contributed by atoms with van der Waals surface area (Å²) in [6.07, 6.45) is 1.96. The molecule has 100 valence electrons. The first kappa shape index (κ1) is 13.0. The number of ether oxygens (including phenoxy) is 1. The lowest BCUT2D eigenvalue weighted by atomic mass is 10.0. The molecule has 3 rings (SSSR count). The first-order valence-corrected chi connectivity index (χ1v) is 7.37. The Kier molecular flexibility index (Phi) is 3.61. The van der Waals surface area contributed by atoms with Crippen molar-refractivity contribution in [2.24, 2.45) is 0 Å². The zero-order valence-electron chi connectivity index (χ0n) is 11.1. The van der Waals surface area contributed by atoms with Crippen LogP contribution in [-0.2, 0) is 0 Å². The fraction of sp³-hybridized carbons (Fsp3) is 0.118. The van der Waals surface area contributed by atoms with Crippen LogP contribution in [-0.4, -0.2) is 18.6 Å². The summed E-state index contributed by atoms with van der Waals surface area (Å²) < 4.78 is 5.14. The van der Waals surface area contributed by atoms with Crippen molar-refractivity contribution >= 4 is 23.6 Å². The van der Waals surface area contributed by atoms with Crippen LogP contribution in [0.25, 0.3) is 6.08 Å². The zero-order valence-corrected chi connectivity index (χ0v) is 11.9. The molecule has 20 heavy (non-hydrogen) atoms. The highest BCUT2D eigenvalue weighted by atomic mass is 32.2. The topological polar surface area (TPSA) is 26.3 Å². The average molecular weight is 282 g/mol. The minimum Gasteiger partial charge on any atom is -0.497 e. The number of methoxy groups -OCH3 is 1. The molecule has 0 aliphatic carbocycles. The molecule has 0 amide bonds. The van der Waals surface area contributed by atoms with Gasteiger partial charge in [0.05, 0.1) is 7.11 Å². The van der Waals surface area contributed by atoms with Crippen LogP contribution in [0.3, 0.4) is 0 Å². The summed E-state index contributed by atoms with van der Waals surface area (Å²) in [5.74, 6) is 1.68. The van der Waals surface area contributed by atoms with Crippen molar-refractivity contribution < 1.29 is 9.53 Å². The van der Waals surface area contributed by atoms with Crippen LogP contribution in [0, 0.1) is 0 Å². The lowest BCUT2D eigenvalue weighted by Crippen LogP contribution is -2.11. The van der Waals surface area contributed by atoms with E-state index in [-0.39, 0.29) is 5.78 Å². The summed E-state index contributed by atoms with van der Waals surface area (Å²) in [5.41, 5.74) is 2.68. The maximum atomic E-state index is 12.4. The average Bonchev–Trinajstić information content (AvgIpc) is 2.51. The van der Waals surface area contributed by atoms with Crippen molar-refractivity contribution in [3.05, 3.63) is 65.2 Å². The maximum Gasteiger partial charge on any atom is 0.191 e. The normalized spacial score (nSPS) is 16.1. The molecule has 0 radical (unpaired) electrons. The summed E-state index contributed by atoms with van der Waals surface area (Å²) >= 11 is 1.71. The molecule has 0 saturated carbocycles. The van der Waals surface area contributed by atoms with Crippen molar-refractivity contribution in [3.8, 4) is 5.75 Å². The van der Waals surface area contributed by atoms with E-state index in [0.29, 0.717) is 0 Å². The van der Waals surface area contributed by atoms with Crippen LogP contribution >= 0.6 is 11.8 Å². The van der Waals surface area contributed by atoms with E-state index in [4.69, 9.17) is 4.74 Å². The fourth-order valence-electron chi connectivity index (χ4n) is 2.18. The molecule has 1 aliphatic rings. The number of benzene rings is 2. The molecule has 3 heteroatoms. The summed E-state index contributed by atoms with van der Waals surface area (Å²) in [5, 5.41) is 0. The predicted molar refractivity (Wildman–Crippen MR) is 82.5 cm³/mol. The lowest BCUT2D eigenvalue weighted by Gasteiger charge is -2.16. The van der Waals surface area contributed by atoms with Gasteiger partial charge in [-0.15, -0.1) is 11.8 Å². The minimum atomic E-state index is 0.134. The third-order valence-electron chi connectivity index (χ3n) is 3.26. The number of hydrogen-bond donors (Lipinski definition) is 0. The minimum absolute atomic E-state index is 0.134. The molecule has 2 aromatic rings. The third kappa shape index (κ3) is 2.49. The van der Waals surface area contributed by atoms with Gasteiger partial charge in [0.15, 0.2) is 5.78 Å². The monoisotopic (exact) mass is 282 g/mol. The Balaban J connectivity index is 1.91. The summed E-state index contributed by atoms with van der Waals surface area (Å²) in [4.78, 5) is 13.5. The molecule has 0 N–H and O–H groups in total. The van der Waals surface area contributed by atoms with Crippen LogP contribution in [0.2, 0.25) is 0 Å². The summed E-state index contributed by atoms with van der Waals surface area (Å²) in [6.45, 7) is 0. The van der Waals surface area contributed by atoms with Crippen LogP contribution in [0.4, 0.5) is 0 Å². The predicted octanol–water partition coefficient (Wildman–Crippen LogP) is 4.07. The van der Waals surface area contributed by atoms with Crippen LogP contribution in [0.5, 0.6) is 5.75 Å². The molecule has 0 saturated heterocycles. The number of fused-ring (bicyclic) bond motifs is 1. The van der Waals surface area contributed by atoms with E-state index < -0.39 is 0 Å². The molecule has 2 aromatic carbocycles. The lowest BCUT2D eigenvalue weighted by molar-refractivity contribution is 0.103. The molecule has 0 bridgehead atoms. The first-order chi connectivity index (χ1) is 9.78.